The van der Waals surface area contributed by atoms with Crippen LogP contribution in [0.3, 0.4) is 0 Å². The topological polar surface area (TPSA) is 182 Å². The van der Waals surface area contributed by atoms with Gasteiger partial charge in [0, 0.05) is 24.7 Å². The van der Waals surface area contributed by atoms with Crippen molar-refractivity contribution in [2.75, 3.05) is 19.8 Å². The number of nitrogens with two attached hydrogens (primary N) is 1. The highest BCUT2D eigenvalue weighted by Gasteiger charge is 2.39. The van der Waals surface area contributed by atoms with Crippen LogP contribution in [-0.4, -0.2) is 80.0 Å². The molecule has 0 aromatic heterocycles. The summed E-state index contributed by atoms with van der Waals surface area (Å²) in [5.74, 6) is -1.26. The lowest BCUT2D eigenvalue weighted by atomic mass is 9.90. The highest BCUT2D eigenvalue weighted by Crippen LogP contribution is 2.33. The van der Waals surface area contributed by atoms with Gasteiger partial charge in [0.15, 0.2) is 0 Å². The minimum absolute atomic E-state index is 0.0535. The molecule has 33 heavy (non-hydrogen) atoms. The fourth-order valence-corrected chi connectivity index (χ4v) is 3.37. The SMILES string of the molecule is CCCCC[C@H](O)/C=C/[C@H]1[C@H](O)CC(=O)[C@@H]1C/C=C\CCCC(=O)O.NC(CO)(CO)CO. The van der Waals surface area contributed by atoms with Crippen molar-refractivity contribution >= 4 is 11.8 Å². The molecule has 0 aliphatic heterocycles. The van der Waals surface area contributed by atoms with Crippen LogP contribution in [0.1, 0.15) is 64.7 Å². The Morgan fingerprint density at radius 3 is 2.30 bits per heavy atom. The molecule has 8 N–H and O–H groups in total. The first-order valence-corrected chi connectivity index (χ1v) is 11.7. The van der Waals surface area contributed by atoms with E-state index in [0.29, 0.717) is 25.7 Å². The Bertz CT molecular complexity index is 595. The van der Waals surface area contributed by atoms with Crippen molar-refractivity contribution < 1.29 is 40.2 Å². The van der Waals surface area contributed by atoms with E-state index in [1.165, 1.54) is 0 Å². The molecule has 9 nitrogen and oxygen atoms in total. The van der Waals surface area contributed by atoms with E-state index < -0.39 is 43.5 Å². The van der Waals surface area contributed by atoms with Crippen molar-refractivity contribution in [2.45, 2.75) is 82.5 Å². The molecule has 4 atom stereocenters. The van der Waals surface area contributed by atoms with Crippen LogP contribution in [0.4, 0.5) is 0 Å². The van der Waals surface area contributed by atoms with Gasteiger partial charge in [0.2, 0.25) is 0 Å². The second-order valence-electron chi connectivity index (χ2n) is 8.70. The number of carboxylic acids is 1. The van der Waals surface area contributed by atoms with E-state index in [2.05, 4.69) is 6.92 Å². The third kappa shape index (κ3) is 13.6. The lowest BCUT2D eigenvalue weighted by Crippen LogP contribution is -2.50. The number of hydrogen-bond acceptors (Lipinski definition) is 8. The largest absolute Gasteiger partial charge is 0.481 e. The number of carbonyl (C=O) groups excluding carboxylic acids is 1. The number of carboxylic acid groups (broad SMARTS) is 1. The van der Waals surface area contributed by atoms with Gasteiger partial charge in [-0.15, -0.1) is 0 Å². The first-order chi connectivity index (χ1) is 15.6. The van der Waals surface area contributed by atoms with Crippen LogP contribution < -0.4 is 5.73 Å². The molecular weight excluding hydrogens is 430 g/mol. The molecule has 0 aromatic carbocycles. The third-order valence-corrected chi connectivity index (χ3v) is 5.65. The molecule has 0 spiro atoms. The summed E-state index contributed by atoms with van der Waals surface area (Å²) in [6.45, 7) is 0.905. The van der Waals surface area contributed by atoms with Gasteiger partial charge in [0.25, 0.3) is 0 Å². The summed E-state index contributed by atoms with van der Waals surface area (Å²) in [7, 11) is 0. The number of allylic oxidation sites excluding steroid dienone is 2. The number of Topliss-reactive ketones (excluding diaryl/α,β-unsaturated/α-hetero) is 1. The fraction of sp³-hybridized carbons (Fsp3) is 0.750. The molecule has 1 fully saturated rings. The second kappa shape index (κ2) is 17.8. The van der Waals surface area contributed by atoms with Gasteiger partial charge in [-0.1, -0.05) is 50.5 Å². The average Bonchev–Trinajstić information content (AvgIpc) is 3.06. The number of aliphatic carboxylic acids is 1. The van der Waals surface area contributed by atoms with Crippen LogP contribution in [0.25, 0.3) is 0 Å². The Morgan fingerprint density at radius 1 is 1.15 bits per heavy atom. The molecule has 0 bridgehead atoms. The van der Waals surface area contributed by atoms with Crippen molar-refractivity contribution in [1.82, 2.24) is 0 Å². The minimum atomic E-state index is -1.21. The van der Waals surface area contributed by atoms with E-state index in [4.69, 9.17) is 26.2 Å². The predicted molar refractivity (Wildman–Crippen MR) is 125 cm³/mol. The summed E-state index contributed by atoms with van der Waals surface area (Å²) in [6.07, 6.45) is 12.1. The van der Waals surface area contributed by atoms with Gasteiger partial charge in [-0.05, 0) is 25.7 Å². The lowest BCUT2D eigenvalue weighted by Gasteiger charge is -2.20. The number of ketones is 1. The minimum Gasteiger partial charge on any atom is -0.481 e. The molecule has 0 radical (unpaired) electrons. The molecular formula is C24H43NO8. The van der Waals surface area contributed by atoms with Crippen molar-refractivity contribution in [3.63, 3.8) is 0 Å². The second-order valence-corrected chi connectivity index (χ2v) is 8.70. The Kier molecular flexibility index (Phi) is 16.9. The monoisotopic (exact) mass is 473 g/mol. The number of aliphatic hydroxyl groups is 5. The maximum atomic E-state index is 12.1. The molecule has 1 rings (SSSR count). The van der Waals surface area contributed by atoms with Gasteiger partial charge < -0.3 is 36.4 Å². The van der Waals surface area contributed by atoms with Crippen molar-refractivity contribution in [1.29, 1.82) is 0 Å². The summed E-state index contributed by atoms with van der Waals surface area (Å²) >= 11 is 0. The van der Waals surface area contributed by atoms with Crippen LogP contribution in [-0.2, 0) is 9.59 Å². The van der Waals surface area contributed by atoms with Crippen molar-refractivity contribution in [3.8, 4) is 0 Å². The number of unbranched alkanes of at least 4 members (excludes halogenated alkanes) is 3. The van der Waals surface area contributed by atoms with E-state index in [-0.39, 0.29) is 30.5 Å². The van der Waals surface area contributed by atoms with Crippen LogP contribution in [0.5, 0.6) is 0 Å². The third-order valence-electron chi connectivity index (χ3n) is 5.65. The van der Waals surface area contributed by atoms with Crippen LogP contribution in [0.2, 0.25) is 0 Å². The lowest BCUT2D eigenvalue weighted by molar-refractivity contribution is -0.137. The summed E-state index contributed by atoms with van der Waals surface area (Å²) in [6, 6.07) is 0. The van der Waals surface area contributed by atoms with E-state index in [1.54, 1.807) is 12.2 Å². The molecule has 1 aliphatic carbocycles. The zero-order valence-corrected chi connectivity index (χ0v) is 19.7. The standard InChI is InChI=1S/C20H32O5.C4H11NO3/c1-2-3-6-9-15(21)12-13-17-16(18(22)14-19(17)23)10-7-4-5-8-11-20(24)25;5-4(1-6,2-7)3-8/h4,7,12-13,15-17,19,21,23H,2-3,5-6,8-11,14H2,1H3,(H,24,25);6-8H,1-3,5H2/b7-4-,13-12+;/t15-,16+,17+,19+;/m0./s1. The predicted octanol–water partition coefficient (Wildman–Crippen LogP) is 0.912. The fourth-order valence-electron chi connectivity index (χ4n) is 3.37. The smallest absolute Gasteiger partial charge is 0.303 e. The van der Waals surface area contributed by atoms with Crippen molar-refractivity contribution in [2.24, 2.45) is 17.6 Å². The van der Waals surface area contributed by atoms with Gasteiger partial charge in [-0.25, -0.2) is 0 Å². The first-order valence-electron chi connectivity index (χ1n) is 11.7. The number of hydrogen-bond donors (Lipinski definition) is 7. The highest BCUT2D eigenvalue weighted by molar-refractivity contribution is 5.84. The number of aliphatic hydroxyl groups excluding tert-OH is 5. The molecule has 9 heteroatoms. The van der Waals surface area contributed by atoms with E-state index >= 15 is 0 Å². The molecule has 192 valence electrons. The first kappa shape index (κ1) is 31.4. The summed E-state index contributed by atoms with van der Waals surface area (Å²) < 4.78 is 0. The number of carbonyl (C=O) groups is 2. The highest BCUT2D eigenvalue weighted by atomic mass is 16.4. The Labute approximate surface area is 196 Å². The Morgan fingerprint density at radius 2 is 1.79 bits per heavy atom. The normalized spacial score (nSPS) is 22.0. The molecule has 0 amide bonds. The summed E-state index contributed by atoms with van der Waals surface area (Å²) in [4.78, 5) is 22.5. The van der Waals surface area contributed by atoms with Gasteiger partial charge in [-0.3, -0.25) is 9.59 Å². The average molecular weight is 474 g/mol. The molecule has 1 aliphatic rings. The van der Waals surface area contributed by atoms with E-state index in [9.17, 15) is 19.8 Å². The molecule has 0 saturated heterocycles. The zero-order valence-electron chi connectivity index (χ0n) is 19.7. The quantitative estimate of drug-likeness (QED) is 0.134. The zero-order chi connectivity index (χ0) is 25.3. The van der Waals surface area contributed by atoms with E-state index in [0.717, 1.165) is 19.3 Å². The van der Waals surface area contributed by atoms with Gasteiger partial charge in [0.1, 0.15) is 5.78 Å². The van der Waals surface area contributed by atoms with Crippen LogP contribution in [0, 0.1) is 11.8 Å². The molecule has 1 saturated carbocycles. The molecule has 0 unspecified atom stereocenters. The van der Waals surface area contributed by atoms with E-state index in [1.807, 2.05) is 12.2 Å². The summed E-state index contributed by atoms with van der Waals surface area (Å²) in [5.41, 5.74) is 3.94. The number of rotatable bonds is 15. The maximum Gasteiger partial charge on any atom is 0.303 e. The van der Waals surface area contributed by atoms with Crippen molar-refractivity contribution in [3.05, 3.63) is 24.3 Å². The molecule has 0 aromatic rings. The van der Waals surface area contributed by atoms with Gasteiger partial charge >= 0.3 is 5.97 Å². The van der Waals surface area contributed by atoms with Gasteiger partial charge in [0.05, 0.1) is 37.6 Å². The summed E-state index contributed by atoms with van der Waals surface area (Å²) in [5, 5.41) is 53.7. The van der Waals surface area contributed by atoms with Gasteiger partial charge in [-0.2, -0.15) is 0 Å². The molecule has 0 heterocycles. The van der Waals surface area contributed by atoms with Crippen LogP contribution >= 0.6 is 0 Å². The Hall–Kier alpha value is -1.62. The van der Waals surface area contributed by atoms with Crippen LogP contribution in [0.15, 0.2) is 24.3 Å². The maximum absolute atomic E-state index is 12.1. The Balaban J connectivity index is 0.00000109.